The summed E-state index contributed by atoms with van der Waals surface area (Å²) in [6, 6.07) is 4.18. The van der Waals surface area contributed by atoms with Gasteiger partial charge in [-0.05, 0) is 12.8 Å². The van der Waals surface area contributed by atoms with Gasteiger partial charge >= 0.3 is 5.69 Å². The van der Waals surface area contributed by atoms with E-state index in [1.54, 1.807) is 6.07 Å². The van der Waals surface area contributed by atoms with Crippen LogP contribution in [-0.2, 0) is 10.3 Å². The van der Waals surface area contributed by atoms with Gasteiger partial charge in [0.25, 0.3) is 0 Å². The summed E-state index contributed by atoms with van der Waals surface area (Å²) < 4.78 is 13.8. The minimum absolute atomic E-state index is 0.186. The lowest BCUT2D eigenvalue weighted by molar-refractivity contribution is -0.387. The molecule has 0 radical (unpaired) electrons. The Morgan fingerprint density at radius 1 is 1.56 bits per heavy atom. The molecule has 2 rings (SSSR count). The van der Waals surface area contributed by atoms with Gasteiger partial charge in [-0.25, -0.2) is 5.90 Å². The van der Waals surface area contributed by atoms with Crippen molar-refractivity contribution in [3.8, 4) is 0 Å². The third-order valence-electron chi connectivity index (χ3n) is 2.96. The van der Waals surface area contributed by atoms with Crippen LogP contribution in [0.4, 0.5) is 10.1 Å². The summed E-state index contributed by atoms with van der Waals surface area (Å²) in [5.41, 5.74) is -0.641. The highest BCUT2D eigenvalue weighted by Crippen LogP contribution is 2.49. The maximum absolute atomic E-state index is 13.8. The molecule has 0 spiro atoms. The molecule has 0 unspecified atom stereocenters. The van der Waals surface area contributed by atoms with Crippen molar-refractivity contribution in [1.82, 2.24) is 0 Å². The zero-order valence-electron chi connectivity index (χ0n) is 8.48. The predicted octanol–water partition coefficient (Wildman–Crippen LogP) is 1.66. The fourth-order valence-electron chi connectivity index (χ4n) is 1.87. The van der Waals surface area contributed by atoms with E-state index >= 15 is 0 Å². The highest BCUT2D eigenvalue weighted by Gasteiger charge is 2.47. The number of nitro groups is 1. The number of nitro benzene ring substituents is 1. The van der Waals surface area contributed by atoms with Gasteiger partial charge in [-0.3, -0.25) is 10.1 Å². The molecule has 86 valence electrons. The van der Waals surface area contributed by atoms with Crippen molar-refractivity contribution in [3.05, 3.63) is 39.7 Å². The van der Waals surface area contributed by atoms with Gasteiger partial charge in [0.1, 0.15) is 0 Å². The quantitative estimate of drug-likeness (QED) is 0.625. The zero-order chi connectivity index (χ0) is 11.8. The van der Waals surface area contributed by atoms with Crippen LogP contribution in [0.25, 0.3) is 0 Å². The van der Waals surface area contributed by atoms with Crippen LogP contribution in [0.5, 0.6) is 0 Å². The molecule has 1 aromatic carbocycles. The molecule has 0 aromatic heterocycles. The van der Waals surface area contributed by atoms with Gasteiger partial charge in [0.2, 0.25) is 5.82 Å². The molecule has 1 fully saturated rings. The first kappa shape index (κ1) is 11.0. The second kappa shape index (κ2) is 3.80. The number of rotatable bonds is 4. The first-order valence-electron chi connectivity index (χ1n) is 4.86. The van der Waals surface area contributed by atoms with E-state index in [0.29, 0.717) is 5.56 Å². The molecule has 2 N–H and O–H groups in total. The maximum atomic E-state index is 13.8. The van der Waals surface area contributed by atoms with Gasteiger partial charge in [-0.2, -0.15) is 4.39 Å². The molecule has 1 aliphatic rings. The van der Waals surface area contributed by atoms with E-state index in [4.69, 9.17) is 5.90 Å². The fourth-order valence-corrected chi connectivity index (χ4v) is 1.87. The lowest BCUT2D eigenvalue weighted by atomic mass is 9.96. The summed E-state index contributed by atoms with van der Waals surface area (Å²) in [7, 11) is 0. The first-order chi connectivity index (χ1) is 7.60. The normalized spacial score (nSPS) is 17.1. The van der Waals surface area contributed by atoms with E-state index in [1.165, 1.54) is 6.07 Å². The number of nitrogens with two attached hydrogens (primary N) is 1. The van der Waals surface area contributed by atoms with E-state index in [9.17, 15) is 14.5 Å². The summed E-state index contributed by atoms with van der Waals surface area (Å²) in [4.78, 5) is 14.4. The monoisotopic (exact) mass is 226 g/mol. The van der Waals surface area contributed by atoms with E-state index in [0.717, 1.165) is 18.9 Å². The lowest BCUT2D eigenvalue weighted by Gasteiger charge is -2.14. The molecule has 0 saturated heterocycles. The molecule has 5 nitrogen and oxygen atoms in total. The predicted molar refractivity (Wildman–Crippen MR) is 54.1 cm³/mol. The van der Waals surface area contributed by atoms with Crippen LogP contribution in [0.15, 0.2) is 18.2 Å². The number of nitrogens with zero attached hydrogens (tertiary/aromatic N) is 1. The number of hydrogen-bond donors (Lipinski definition) is 1. The van der Waals surface area contributed by atoms with Gasteiger partial charge in [0, 0.05) is 17.0 Å². The second-order valence-electron chi connectivity index (χ2n) is 3.99. The highest BCUT2D eigenvalue weighted by atomic mass is 19.1. The fraction of sp³-hybridized carbons (Fsp3) is 0.400. The van der Waals surface area contributed by atoms with Crippen LogP contribution in [0.3, 0.4) is 0 Å². The molecule has 0 aliphatic heterocycles. The summed E-state index contributed by atoms with van der Waals surface area (Å²) >= 11 is 0. The van der Waals surface area contributed by atoms with Crippen LogP contribution in [0.1, 0.15) is 18.4 Å². The summed E-state index contributed by atoms with van der Waals surface area (Å²) in [6.07, 6.45) is 1.48. The molecule has 16 heavy (non-hydrogen) atoms. The molecule has 0 amide bonds. The van der Waals surface area contributed by atoms with Crippen molar-refractivity contribution in [3.63, 3.8) is 0 Å². The Labute approximate surface area is 91.1 Å². The van der Waals surface area contributed by atoms with Gasteiger partial charge in [-0.15, -0.1) is 0 Å². The molecule has 6 heteroatoms. The number of halogens is 1. The molecule has 1 aromatic rings. The average Bonchev–Trinajstić information content (AvgIpc) is 2.99. The van der Waals surface area contributed by atoms with Crippen molar-refractivity contribution >= 4 is 5.69 Å². The molecule has 0 heterocycles. The highest BCUT2D eigenvalue weighted by molar-refractivity contribution is 5.43. The first-order valence-corrected chi connectivity index (χ1v) is 4.86. The number of hydrogen-bond acceptors (Lipinski definition) is 4. The van der Waals surface area contributed by atoms with Crippen LogP contribution in [-0.4, -0.2) is 11.5 Å². The molecule has 0 atom stereocenters. The lowest BCUT2D eigenvalue weighted by Crippen LogP contribution is -2.19. The largest absolute Gasteiger partial charge is 0.305 e. The Hall–Kier alpha value is -1.53. The Kier molecular flexibility index (Phi) is 2.61. The van der Waals surface area contributed by atoms with Gasteiger partial charge in [-0.1, -0.05) is 12.1 Å². The van der Waals surface area contributed by atoms with Crippen molar-refractivity contribution in [2.75, 3.05) is 6.61 Å². The van der Waals surface area contributed by atoms with E-state index in [2.05, 4.69) is 4.84 Å². The van der Waals surface area contributed by atoms with Crippen LogP contribution < -0.4 is 5.90 Å². The van der Waals surface area contributed by atoms with Crippen LogP contribution in [0.2, 0.25) is 0 Å². The van der Waals surface area contributed by atoms with E-state index in [-0.39, 0.29) is 6.61 Å². The van der Waals surface area contributed by atoms with Gasteiger partial charge in [0.05, 0.1) is 11.5 Å². The van der Waals surface area contributed by atoms with Crippen molar-refractivity contribution in [2.24, 2.45) is 5.90 Å². The zero-order valence-corrected chi connectivity index (χ0v) is 8.48. The van der Waals surface area contributed by atoms with Gasteiger partial charge < -0.3 is 4.84 Å². The SMILES string of the molecule is NOCC1(c2cccc([N+](=O)[O-])c2F)CC1. The van der Waals surface area contributed by atoms with Gasteiger partial charge in [0.15, 0.2) is 0 Å². The Balaban J connectivity index is 2.42. The van der Waals surface area contributed by atoms with Crippen molar-refractivity contribution in [2.45, 2.75) is 18.3 Å². The van der Waals surface area contributed by atoms with Crippen molar-refractivity contribution in [1.29, 1.82) is 0 Å². The Bertz CT molecular complexity index is 432. The van der Waals surface area contributed by atoms with Crippen LogP contribution in [0, 0.1) is 15.9 Å². The minimum Gasteiger partial charge on any atom is -0.304 e. The molecule has 0 bridgehead atoms. The minimum atomic E-state index is -0.776. The van der Waals surface area contributed by atoms with E-state index < -0.39 is 21.8 Å². The summed E-state index contributed by atoms with van der Waals surface area (Å²) in [6.45, 7) is 0.186. The Morgan fingerprint density at radius 3 is 2.75 bits per heavy atom. The smallest absolute Gasteiger partial charge is 0.304 e. The second-order valence-corrected chi connectivity index (χ2v) is 3.99. The molecule has 1 aliphatic carbocycles. The average molecular weight is 226 g/mol. The topological polar surface area (TPSA) is 78.4 Å². The van der Waals surface area contributed by atoms with E-state index in [1.807, 2.05) is 0 Å². The number of benzene rings is 1. The third kappa shape index (κ3) is 1.66. The summed E-state index contributed by atoms with van der Waals surface area (Å²) in [5.74, 6) is 4.21. The molecular formula is C10H11FN2O3. The van der Waals surface area contributed by atoms with Crippen LogP contribution >= 0.6 is 0 Å². The maximum Gasteiger partial charge on any atom is 0.305 e. The molecule has 1 saturated carbocycles. The third-order valence-corrected chi connectivity index (χ3v) is 2.96. The molecular weight excluding hydrogens is 215 g/mol. The Morgan fingerprint density at radius 2 is 2.25 bits per heavy atom. The standard InChI is InChI=1S/C10H11FN2O3/c11-9-7(10(4-5-10)6-16-12)2-1-3-8(9)13(14)15/h1-3H,4-6,12H2. The van der Waals surface area contributed by atoms with Crippen molar-refractivity contribution < 1.29 is 14.2 Å². The summed E-state index contributed by atoms with van der Waals surface area (Å²) in [5, 5.41) is 10.6.